The van der Waals surface area contributed by atoms with Gasteiger partial charge < -0.3 is 10.2 Å². The summed E-state index contributed by atoms with van der Waals surface area (Å²) in [7, 11) is 2.21. The van der Waals surface area contributed by atoms with E-state index >= 15 is 0 Å². The SMILES string of the molecule is CN1CCCC2CN(CC(=O)Nc3ccc(F)c(Cl)c3)CCC21. The Hall–Kier alpha value is -1.17. The number of carbonyl (C=O) groups excluding carboxylic acids is 1. The average molecular weight is 340 g/mol. The molecule has 1 aromatic rings. The van der Waals surface area contributed by atoms with Gasteiger partial charge in [0.2, 0.25) is 5.91 Å². The van der Waals surface area contributed by atoms with Crippen molar-refractivity contribution in [2.24, 2.45) is 5.92 Å². The third-order valence-corrected chi connectivity index (χ3v) is 5.29. The highest BCUT2D eigenvalue weighted by Crippen LogP contribution is 2.29. The van der Waals surface area contributed by atoms with Crippen LogP contribution in [-0.4, -0.2) is 55.0 Å². The summed E-state index contributed by atoms with van der Waals surface area (Å²) >= 11 is 5.74. The van der Waals surface area contributed by atoms with E-state index in [2.05, 4.69) is 22.2 Å². The molecule has 2 saturated heterocycles. The number of fused-ring (bicyclic) bond motifs is 1. The summed E-state index contributed by atoms with van der Waals surface area (Å²) < 4.78 is 13.1. The standard InChI is InChI=1S/C17H23ClFN3O/c1-21-7-2-3-12-10-22(8-6-16(12)21)11-17(23)20-13-4-5-15(19)14(18)9-13/h4-5,9,12,16H,2-3,6-8,10-11H2,1H3,(H,20,23). The smallest absolute Gasteiger partial charge is 0.238 e. The minimum absolute atomic E-state index is 0.0221. The van der Waals surface area contributed by atoms with Crippen LogP contribution in [0.15, 0.2) is 18.2 Å². The zero-order valence-corrected chi connectivity index (χ0v) is 14.2. The zero-order chi connectivity index (χ0) is 16.4. The number of rotatable bonds is 3. The number of benzene rings is 1. The normalized spacial score (nSPS) is 25.9. The molecule has 1 aromatic carbocycles. The van der Waals surface area contributed by atoms with Crippen molar-refractivity contribution in [3.05, 3.63) is 29.0 Å². The van der Waals surface area contributed by atoms with Crippen molar-refractivity contribution in [3.63, 3.8) is 0 Å². The Balaban J connectivity index is 1.53. The largest absolute Gasteiger partial charge is 0.325 e. The number of halogens is 2. The summed E-state index contributed by atoms with van der Waals surface area (Å²) in [4.78, 5) is 16.9. The van der Waals surface area contributed by atoms with Crippen LogP contribution < -0.4 is 5.32 Å². The lowest BCUT2D eigenvalue weighted by Gasteiger charge is -2.45. The molecule has 2 atom stereocenters. The van der Waals surface area contributed by atoms with E-state index < -0.39 is 5.82 Å². The number of nitrogens with one attached hydrogen (secondary N) is 1. The molecule has 23 heavy (non-hydrogen) atoms. The first kappa shape index (κ1) is 16.7. The Morgan fingerprint density at radius 1 is 1.39 bits per heavy atom. The molecule has 2 aliphatic rings. The summed E-state index contributed by atoms with van der Waals surface area (Å²) in [5.74, 6) is 0.110. The number of anilines is 1. The highest BCUT2D eigenvalue weighted by molar-refractivity contribution is 6.31. The van der Waals surface area contributed by atoms with Crippen molar-refractivity contribution in [3.8, 4) is 0 Å². The number of hydrogen-bond acceptors (Lipinski definition) is 3. The Morgan fingerprint density at radius 3 is 3.00 bits per heavy atom. The quantitative estimate of drug-likeness (QED) is 0.919. The maximum absolute atomic E-state index is 13.1. The van der Waals surface area contributed by atoms with Gasteiger partial charge in [-0.25, -0.2) is 4.39 Å². The van der Waals surface area contributed by atoms with E-state index in [1.807, 2.05) is 0 Å². The van der Waals surface area contributed by atoms with Crippen LogP contribution in [0.5, 0.6) is 0 Å². The Labute approximate surface area is 141 Å². The van der Waals surface area contributed by atoms with Crippen molar-refractivity contribution in [2.45, 2.75) is 25.3 Å². The minimum atomic E-state index is -0.479. The average Bonchev–Trinajstić information content (AvgIpc) is 2.51. The Morgan fingerprint density at radius 2 is 2.22 bits per heavy atom. The molecule has 6 heteroatoms. The fourth-order valence-corrected chi connectivity index (χ4v) is 4.03. The monoisotopic (exact) mass is 339 g/mol. The molecule has 3 rings (SSSR count). The van der Waals surface area contributed by atoms with E-state index in [1.54, 1.807) is 0 Å². The van der Waals surface area contributed by atoms with E-state index in [0.29, 0.717) is 24.2 Å². The van der Waals surface area contributed by atoms with Crippen LogP contribution in [0.3, 0.4) is 0 Å². The molecule has 0 bridgehead atoms. The first-order chi connectivity index (χ1) is 11.0. The van der Waals surface area contributed by atoms with E-state index in [4.69, 9.17) is 11.6 Å². The van der Waals surface area contributed by atoms with Gasteiger partial charge in [-0.15, -0.1) is 0 Å². The predicted octanol–water partition coefficient (Wildman–Crippen LogP) is 2.83. The highest BCUT2D eigenvalue weighted by Gasteiger charge is 2.34. The van der Waals surface area contributed by atoms with Crippen LogP contribution in [0.25, 0.3) is 0 Å². The van der Waals surface area contributed by atoms with Crippen molar-refractivity contribution in [2.75, 3.05) is 38.5 Å². The van der Waals surface area contributed by atoms with Crippen molar-refractivity contribution >= 4 is 23.2 Å². The molecule has 4 nitrogen and oxygen atoms in total. The molecular weight excluding hydrogens is 317 g/mol. The molecule has 2 unspecified atom stereocenters. The third kappa shape index (κ3) is 4.03. The second-order valence-corrected chi connectivity index (χ2v) is 7.06. The maximum atomic E-state index is 13.1. The lowest BCUT2D eigenvalue weighted by Crippen LogP contribution is -2.53. The number of likely N-dealkylation sites (tertiary alicyclic amines) is 2. The summed E-state index contributed by atoms with van der Waals surface area (Å²) in [6.45, 7) is 3.49. The van der Waals surface area contributed by atoms with Gasteiger partial charge in [0.1, 0.15) is 5.82 Å². The summed E-state index contributed by atoms with van der Waals surface area (Å²) in [6, 6.07) is 4.90. The van der Waals surface area contributed by atoms with Gasteiger partial charge in [0.15, 0.2) is 0 Å². The first-order valence-corrected chi connectivity index (χ1v) is 8.58. The molecule has 0 aliphatic carbocycles. The van der Waals surface area contributed by atoms with Crippen LogP contribution in [0.4, 0.5) is 10.1 Å². The highest BCUT2D eigenvalue weighted by atomic mass is 35.5. The van der Waals surface area contributed by atoms with Crippen molar-refractivity contribution < 1.29 is 9.18 Å². The van der Waals surface area contributed by atoms with E-state index in [-0.39, 0.29) is 10.9 Å². The topological polar surface area (TPSA) is 35.6 Å². The Kier molecular flexibility index (Phi) is 5.19. The number of carbonyl (C=O) groups is 1. The molecule has 2 heterocycles. The van der Waals surface area contributed by atoms with Crippen LogP contribution in [0, 0.1) is 11.7 Å². The van der Waals surface area contributed by atoms with E-state index in [1.165, 1.54) is 37.6 Å². The van der Waals surface area contributed by atoms with Gasteiger partial charge in [-0.05, 0) is 57.0 Å². The fraction of sp³-hybridized carbons (Fsp3) is 0.588. The molecule has 2 aliphatic heterocycles. The summed E-state index contributed by atoms with van der Waals surface area (Å²) in [5, 5.41) is 2.82. The van der Waals surface area contributed by atoms with Gasteiger partial charge in [0.05, 0.1) is 11.6 Å². The molecule has 1 amide bonds. The molecule has 2 fully saturated rings. The van der Waals surface area contributed by atoms with Crippen molar-refractivity contribution in [1.29, 1.82) is 0 Å². The van der Waals surface area contributed by atoms with Crippen LogP contribution in [0.1, 0.15) is 19.3 Å². The van der Waals surface area contributed by atoms with E-state index in [9.17, 15) is 9.18 Å². The molecule has 126 valence electrons. The summed E-state index contributed by atoms with van der Waals surface area (Å²) in [5.41, 5.74) is 0.536. The number of hydrogen-bond donors (Lipinski definition) is 1. The van der Waals surface area contributed by atoms with Gasteiger partial charge in [0.25, 0.3) is 0 Å². The van der Waals surface area contributed by atoms with Crippen molar-refractivity contribution in [1.82, 2.24) is 9.80 Å². The fourth-order valence-electron chi connectivity index (χ4n) is 3.85. The second-order valence-electron chi connectivity index (χ2n) is 6.65. The number of nitrogens with zero attached hydrogens (tertiary/aromatic N) is 2. The molecule has 0 saturated carbocycles. The van der Waals surface area contributed by atoms with Crippen LogP contribution >= 0.6 is 11.6 Å². The number of amides is 1. The lowest BCUT2D eigenvalue weighted by molar-refractivity contribution is -0.118. The van der Waals surface area contributed by atoms with E-state index in [0.717, 1.165) is 19.5 Å². The zero-order valence-electron chi connectivity index (χ0n) is 13.4. The van der Waals surface area contributed by atoms with Gasteiger partial charge in [-0.2, -0.15) is 0 Å². The van der Waals surface area contributed by atoms with Gasteiger partial charge in [-0.3, -0.25) is 9.69 Å². The molecule has 0 radical (unpaired) electrons. The molecule has 1 N–H and O–H groups in total. The second kappa shape index (κ2) is 7.16. The summed E-state index contributed by atoms with van der Waals surface area (Å²) in [6.07, 6.45) is 3.61. The van der Waals surface area contributed by atoms with Gasteiger partial charge in [0, 0.05) is 24.8 Å². The molecule has 0 aromatic heterocycles. The van der Waals surface area contributed by atoms with Gasteiger partial charge in [-0.1, -0.05) is 11.6 Å². The van der Waals surface area contributed by atoms with Crippen LogP contribution in [0.2, 0.25) is 5.02 Å². The van der Waals surface area contributed by atoms with Gasteiger partial charge >= 0.3 is 0 Å². The first-order valence-electron chi connectivity index (χ1n) is 8.20. The maximum Gasteiger partial charge on any atom is 0.238 e. The third-order valence-electron chi connectivity index (χ3n) is 5.00. The lowest BCUT2D eigenvalue weighted by atomic mass is 9.84. The molecular formula is C17H23ClFN3O. The van der Waals surface area contributed by atoms with Crippen LogP contribution in [-0.2, 0) is 4.79 Å². The molecule has 0 spiro atoms. The predicted molar refractivity (Wildman–Crippen MR) is 90.2 cm³/mol. The Bertz CT molecular complexity index is 583. The number of piperidine rings is 2. The minimum Gasteiger partial charge on any atom is -0.325 e.